The van der Waals surface area contributed by atoms with Gasteiger partial charge in [-0.05, 0) is 56.5 Å². The summed E-state index contributed by atoms with van der Waals surface area (Å²) in [6, 6.07) is 1.59. The predicted molar refractivity (Wildman–Crippen MR) is 74.2 cm³/mol. The summed E-state index contributed by atoms with van der Waals surface area (Å²) in [6.45, 7) is 9.48. The van der Waals surface area contributed by atoms with Gasteiger partial charge >= 0.3 is 0 Å². The van der Waals surface area contributed by atoms with Crippen LogP contribution in [-0.2, 0) is 0 Å². The maximum Gasteiger partial charge on any atom is 0.0111 e. The Labute approximate surface area is 107 Å². The fourth-order valence-electron chi connectivity index (χ4n) is 3.37. The molecule has 2 nitrogen and oxygen atoms in total. The van der Waals surface area contributed by atoms with Crippen LogP contribution in [-0.4, -0.2) is 25.2 Å². The van der Waals surface area contributed by atoms with Crippen LogP contribution < -0.4 is 10.6 Å². The Balaban J connectivity index is 1.78. The Morgan fingerprint density at radius 1 is 1.12 bits per heavy atom. The lowest BCUT2D eigenvalue weighted by molar-refractivity contribution is 0.293. The van der Waals surface area contributed by atoms with E-state index in [1.807, 2.05) is 0 Å². The third-order valence-electron chi connectivity index (χ3n) is 5.02. The summed E-state index contributed by atoms with van der Waals surface area (Å²) >= 11 is 0. The van der Waals surface area contributed by atoms with Gasteiger partial charge in [0.05, 0.1) is 0 Å². The van der Waals surface area contributed by atoms with E-state index in [4.69, 9.17) is 0 Å². The Morgan fingerprint density at radius 2 is 1.94 bits per heavy atom. The van der Waals surface area contributed by atoms with Crippen molar-refractivity contribution in [3.8, 4) is 0 Å². The van der Waals surface area contributed by atoms with Crippen molar-refractivity contribution in [3.63, 3.8) is 0 Å². The van der Waals surface area contributed by atoms with E-state index in [-0.39, 0.29) is 0 Å². The maximum absolute atomic E-state index is 3.85. The molecule has 1 aliphatic carbocycles. The van der Waals surface area contributed by atoms with Crippen LogP contribution in [0.5, 0.6) is 0 Å². The fraction of sp³-hybridized carbons (Fsp3) is 1.00. The van der Waals surface area contributed by atoms with Crippen LogP contribution in [0.2, 0.25) is 0 Å². The van der Waals surface area contributed by atoms with Gasteiger partial charge in [-0.2, -0.15) is 0 Å². The van der Waals surface area contributed by atoms with Crippen LogP contribution in [0.15, 0.2) is 0 Å². The fourth-order valence-corrected chi connectivity index (χ4v) is 3.37. The highest BCUT2D eigenvalue weighted by atomic mass is 15.0. The lowest BCUT2D eigenvalue weighted by atomic mass is 9.92. The molecule has 2 N–H and O–H groups in total. The third-order valence-corrected chi connectivity index (χ3v) is 5.02. The molecule has 0 radical (unpaired) electrons. The normalized spacial score (nSPS) is 35.6. The minimum Gasteiger partial charge on any atom is -0.314 e. The van der Waals surface area contributed by atoms with E-state index in [0.29, 0.717) is 0 Å². The first kappa shape index (κ1) is 13.4. The monoisotopic (exact) mass is 238 g/mol. The number of hydrogen-bond acceptors (Lipinski definition) is 2. The predicted octanol–water partition coefficient (Wildman–Crippen LogP) is 2.79. The van der Waals surface area contributed by atoms with Crippen LogP contribution in [0, 0.1) is 17.8 Å². The lowest BCUT2D eigenvalue weighted by Crippen LogP contribution is -2.43. The zero-order valence-corrected chi connectivity index (χ0v) is 11.8. The van der Waals surface area contributed by atoms with Crippen LogP contribution in [0.1, 0.15) is 52.9 Å². The number of hydrogen-bond donors (Lipinski definition) is 2. The van der Waals surface area contributed by atoms with E-state index >= 15 is 0 Å². The van der Waals surface area contributed by atoms with Crippen LogP contribution in [0.3, 0.4) is 0 Å². The maximum atomic E-state index is 3.85. The van der Waals surface area contributed by atoms with E-state index in [9.17, 15) is 0 Å². The molecule has 2 rings (SSSR count). The molecule has 0 bridgehead atoms. The van der Waals surface area contributed by atoms with Crippen molar-refractivity contribution in [1.82, 2.24) is 10.6 Å². The highest BCUT2D eigenvalue weighted by molar-refractivity contribution is 4.93. The molecule has 1 aliphatic heterocycles. The van der Waals surface area contributed by atoms with Crippen LogP contribution in [0.25, 0.3) is 0 Å². The molecule has 1 saturated heterocycles. The van der Waals surface area contributed by atoms with Gasteiger partial charge in [-0.3, -0.25) is 0 Å². The minimum atomic E-state index is 0.784. The van der Waals surface area contributed by atoms with Crippen molar-refractivity contribution in [2.24, 2.45) is 17.8 Å². The highest BCUT2D eigenvalue weighted by Crippen LogP contribution is 2.32. The van der Waals surface area contributed by atoms with E-state index in [2.05, 4.69) is 31.4 Å². The van der Waals surface area contributed by atoms with Gasteiger partial charge in [-0.25, -0.2) is 0 Å². The molecule has 17 heavy (non-hydrogen) atoms. The van der Waals surface area contributed by atoms with Crippen molar-refractivity contribution >= 4 is 0 Å². The lowest BCUT2D eigenvalue weighted by Gasteiger charge is -2.28. The van der Waals surface area contributed by atoms with Gasteiger partial charge in [-0.15, -0.1) is 0 Å². The van der Waals surface area contributed by atoms with Gasteiger partial charge in [0.15, 0.2) is 0 Å². The van der Waals surface area contributed by atoms with Crippen molar-refractivity contribution in [2.75, 3.05) is 13.1 Å². The molecule has 2 heteroatoms. The smallest absolute Gasteiger partial charge is 0.0111 e. The SMILES string of the molecule is CC(C)C(C)CNC1CCCC1C1CCCN1. The van der Waals surface area contributed by atoms with Crippen LogP contribution in [0.4, 0.5) is 0 Å². The molecule has 2 fully saturated rings. The van der Waals surface area contributed by atoms with Gasteiger partial charge in [0, 0.05) is 12.1 Å². The second-order valence-corrected chi connectivity index (χ2v) is 6.53. The van der Waals surface area contributed by atoms with Crippen molar-refractivity contribution in [2.45, 2.75) is 65.0 Å². The summed E-state index contributed by atoms with van der Waals surface area (Å²) in [5.41, 5.74) is 0. The molecular formula is C15H30N2. The molecule has 1 heterocycles. The summed E-state index contributed by atoms with van der Waals surface area (Å²) in [6.07, 6.45) is 7.05. The zero-order valence-electron chi connectivity index (χ0n) is 11.8. The molecule has 0 aromatic rings. The summed E-state index contributed by atoms with van der Waals surface area (Å²) in [5.74, 6) is 2.50. The molecule has 100 valence electrons. The van der Waals surface area contributed by atoms with Gasteiger partial charge in [0.2, 0.25) is 0 Å². The van der Waals surface area contributed by atoms with Gasteiger partial charge < -0.3 is 10.6 Å². The summed E-state index contributed by atoms with van der Waals surface area (Å²) in [4.78, 5) is 0. The molecule has 2 aliphatic rings. The summed E-state index contributed by atoms with van der Waals surface area (Å²) in [7, 11) is 0. The summed E-state index contributed by atoms with van der Waals surface area (Å²) in [5, 5.41) is 7.55. The quantitative estimate of drug-likeness (QED) is 0.769. The summed E-state index contributed by atoms with van der Waals surface area (Å²) < 4.78 is 0. The van der Waals surface area contributed by atoms with Gasteiger partial charge in [-0.1, -0.05) is 27.2 Å². The molecule has 0 aromatic heterocycles. The molecule has 0 spiro atoms. The van der Waals surface area contributed by atoms with Crippen LogP contribution >= 0.6 is 0 Å². The second-order valence-electron chi connectivity index (χ2n) is 6.53. The zero-order chi connectivity index (χ0) is 12.3. The van der Waals surface area contributed by atoms with E-state index in [0.717, 1.165) is 29.8 Å². The molecule has 1 saturated carbocycles. The topological polar surface area (TPSA) is 24.1 Å². The minimum absolute atomic E-state index is 0.784. The molecule has 0 aromatic carbocycles. The first-order chi connectivity index (χ1) is 8.18. The molecule has 0 amide bonds. The first-order valence-corrected chi connectivity index (χ1v) is 7.65. The van der Waals surface area contributed by atoms with Crippen molar-refractivity contribution < 1.29 is 0 Å². The van der Waals surface area contributed by atoms with E-state index in [1.54, 1.807) is 0 Å². The average Bonchev–Trinajstić information content (AvgIpc) is 2.95. The largest absolute Gasteiger partial charge is 0.314 e. The van der Waals surface area contributed by atoms with Gasteiger partial charge in [0.25, 0.3) is 0 Å². The Morgan fingerprint density at radius 3 is 2.59 bits per heavy atom. The Kier molecular flexibility index (Phi) is 4.87. The average molecular weight is 238 g/mol. The molecular weight excluding hydrogens is 208 g/mol. The van der Waals surface area contributed by atoms with E-state index < -0.39 is 0 Å². The van der Waals surface area contributed by atoms with Crippen molar-refractivity contribution in [3.05, 3.63) is 0 Å². The standard InChI is InChI=1S/C15H30N2/c1-11(2)12(3)10-17-15-7-4-6-13(15)14-8-5-9-16-14/h11-17H,4-10H2,1-3H3. The van der Waals surface area contributed by atoms with Gasteiger partial charge in [0.1, 0.15) is 0 Å². The number of nitrogens with one attached hydrogen (secondary N) is 2. The molecule has 4 unspecified atom stereocenters. The number of rotatable bonds is 5. The Bertz CT molecular complexity index is 221. The molecule has 4 atom stereocenters. The third kappa shape index (κ3) is 3.45. The van der Waals surface area contributed by atoms with Crippen molar-refractivity contribution in [1.29, 1.82) is 0 Å². The first-order valence-electron chi connectivity index (χ1n) is 7.65. The second kappa shape index (κ2) is 6.19. The Hall–Kier alpha value is -0.0800. The highest BCUT2D eigenvalue weighted by Gasteiger charge is 2.34. The van der Waals surface area contributed by atoms with E-state index in [1.165, 1.54) is 45.2 Å².